The third-order valence-corrected chi connectivity index (χ3v) is 4.47. The lowest BCUT2D eigenvalue weighted by molar-refractivity contribution is -0.142. The molecular formula is C20H18F3NO4. The van der Waals surface area contributed by atoms with E-state index in [-0.39, 0.29) is 12.2 Å². The largest absolute Gasteiger partial charge is 0.497 e. The number of methoxy groups -OCH3 is 1. The van der Waals surface area contributed by atoms with Crippen molar-refractivity contribution in [3.05, 3.63) is 59.7 Å². The van der Waals surface area contributed by atoms with Crippen LogP contribution in [0.25, 0.3) is 0 Å². The molecule has 0 bridgehead atoms. The van der Waals surface area contributed by atoms with Gasteiger partial charge in [0, 0.05) is 11.3 Å². The maximum atomic E-state index is 12.8. The molecule has 8 heteroatoms. The van der Waals surface area contributed by atoms with E-state index in [9.17, 15) is 22.8 Å². The van der Waals surface area contributed by atoms with Gasteiger partial charge in [0.25, 0.3) is 0 Å². The van der Waals surface area contributed by atoms with Crippen molar-refractivity contribution in [1.29, 1.82) is 0 Å². The predicted molar refractivity (Wildman–Crippen MR) is 95.5 cm³/mol. The van der Waals surface area contributed by atoms with Crippen molar-refractivity contribution in [3.8, 4) is 5.75 Å². The Hall–Kier alpha value is -3.03. The predicted octanol–water partition coefficient (Wildman–Crippen LogP) is 3.72. The van der Waals surface area contributed by atoms with Gasteiger partial charge in [-0.3, -0.25) is 4.79 Å². The molecule has 1 aliphatic heterocycles. The summed E-state index contributed by atoms with van der Waals surface area (Å²) in [4.78, 5) is 26.7. The number of ether oxygens (including phenoxy) is 2. The van der Waals surface area contributed by atoms with Gasteiger partial charge in [0.1, 0.15) is 11.8 Å². The zero-order valence-electron chi connectivity index (χ0n) is 15.2. The van der Waals surface area contributed by atoms with E-state index in [1.54, 1.807) is 36.1 Å². The van der Waals surface area contributed by atoms with Gasteiger partial charge in [-0.25, -0.2) is 4.79 Å². The Bertz CT molecular complexity index is 863. The highest BCUT2D eigenvalue weighted by atomic mass is 19.4. The Morgan fingerprint density at radius 2 is 1.61 bits per heavy atom. The first-order chi connectivity index (χ1) is 13.3. The molecule has 0 radical (unpaired) electrons. The maximum absolute atomic E-state index is 12.8. The first-order valence-electron chi connectivity index (χ1n) is 8.58. The fourth-order valence-electron chi connectivity index (χ4n) is 3.04. The fraction of sp³-hybridized carbons (Fsp3) is 0.300. The van der Waals surface area contributed by atoms with Gasteiger partial charge < -0.3 is 14.4 Å². The van der Waals surface area contributed by atoms with E-state index in [2.05, 4.69) is 0 Å². The van der Waals surface area contributed by atoms with Gasteiger partial charge in [0.05, 0.1) is 19.3 Å². The quantitative estimate of drug-likeness (QED) is 0.425. The van der Waals surface area contributed by atoms with Crippen LogP contribution in [0, 0.1) is 0 Å². The summed E-state index contributed by atoms with van der Waals surface area (Å²) >= 11 is 0. The lowest BCUT2D eigenvalue weighted by Crippen LogP contribution is -2.19. The number of anilines is 1. The van der Waals surface area contributed by atoms with Crippen LogP contribution in [0.1, 0.15) is 22.8 Å². The third-order valence-electron chi connectivity index (χ3n) is 4.47. The molecule has 148 valence electrons. The molecule has 2 atom stereocenters. The topological polar surface area (TPSA) is 55.6 Å². The number of ketones is 1. The van der Waals surface area contributed by atoms with Gasteiger partial charge in [-0.05, 0) is 43.3 Å². The van der Waals surface area contributed by atoms with Crippen LogP contribution >= 0.6 is 0 Å². The number of alkyl halides is 3. The van der Waals surface area contributed by atoms with Crippen molar-refractivity contribution in [2.45, 2.75) is 25.2 Å². The molecule has 0 aliphatic carbocycles. The SMILES string of the molecule is CCOC(=O)[C@H]1[C@@H](C(=O)c2ccc(C(F)(F)F)cc2)N1c1ccc(OC)cc1. The Morgan fingerprint density at radius 3 is 2.11 bits per heavy atom. The maximum Gasteiger partial charge on any atom is 0.416 e. The van der Waals surface area contributed by atoms with Crippen LogP contribution in [-0.2, 0) is 15.7 Å². The summed E-state index contributed by atoms with van der Waals surface area (Å²) in [5, 5.41) is 0. The summed E-state index contributed by atoms with van der Waals surface area (Å²) in [6.07, 6.45) is -4.48. The van der Waals surface area contributed by atoms with E-state index in [1.807, 2.05) is 0 Å². The molecule has 0 amide bonds. The van der Waals surface area contributed by atoms with E-state index in [0.29, 0.717) is 11.4 Å². The number of rotatable bonds is 6. The van der Waals surface area contributed by atoms with Gasteiger partial charge in [0.15, 0.2) is 11.8 Å². The average Bonchev–Trinajstić information content (AvgIpc) is 3.43. The molecular weight excluding hydrogens is 375 g/mol. The molecule has 0 spiro atoms. The Balaban J connectivity index is 1.86. The minimum atomic E-state index is -4.48. The average molecular weight is 393 g/mol. The van der Waals surface area contributed by atoms with Crippen molar-refractivity contribution < 1.29 is 32.2 Å². The normalized spacial score (nSPS) is 18.5. The van der Waals surface area contributed by atoms with E-state index >= 15 is 0 Å². The third kappa shape index (κ3) is 3.81. The minimum Gasteiger partial charge on any atom is -0.497 e. The second-order valence-corrected chi connectivity index (χ2v) is 6.19. The van der Waals surface area contributed by atoms with Crippen LogP contribution in [-0.4, -0.2) is 37.6 Å². The van der Waals surface area contributed by atoms with Crippen LogP contribution < -0.4 is 9.64 Å². The second-order valence-electron chi connectivity index (χ2n) is 6.19. The number of benzene rings is 2. The number of esters is 1. The molecule has 1 saturated heterocycles. The van der Waals surface area contributed by atoms with Crippen LogP contribution in [0.15, 0.2) is 48.5 Å². The summed E-state index contributed by atoms with van der Waals surface area (Å²) in [7, 11) is 1.52. The molecule has 1 heterocycles. The van der Waals surface area contributed by atoms with Gasteiger partial charge in [-0.1, -0.05) is 12.1 Å². The van der Waals surface area contributed by atoms with Crippen LogP contribution in [0.4, 0.5) is 18.9 Å². The summed E-state index contributed by atoms with van der Waals surface area (Å²) in [5.41, 5.74) is -0.124. The molecule has 0 saturated carbocycles. The van der Waals surface area contributed by atoms with E-state index < -0.39 is 35.6 Å². The number of carbonyl (C=O) groups excluding carboxylic acids is 2. The lowest BCUT2D eigenvalue weighted by Gasteiger charge is -2.08. The molecule has 0 N–H and O–H groups in total. The van der Waals surface area contributed by atoms with Crippen LogP contribution in [0.5, 0.6) is 5.75 Å². The zero-order chi connectivity index (χ0) is 20.5. The standard InChI is InChI=1S/C20H18F3NO4/c1-3-28-19(26)17-16(24(17)14-8-10-15(27-2)11-9-14)18(25)12-4-6-13(7-5-12)20(21,22)23/h4-11,16-17H,3H2,1-2H3/t16-,17+,24?/m0/s1. The molecule has 0 unspecified atom stereocenters. The van der Waals surface area contributed by atoms with Gasteiger partial charge in [-0.15, -0.1) is 0 Å². The molecule has 0 aromatic heterocycles. The molecule has 3 rings (SSSR count). The molecule has 2 aromatic carbocycles. The number of nitrogens with zero attached hydrogens (tertiary/aromatic N) is 1. The molecule has 1 aliphatic rings. The Morgan fingerprint density at radius 1 is 1.00 bits per heavy atom. The summed E-state index contributed by atoms with van der Waals surface area (Å²) in [6.45, 7) is 1.82. The van der Waals surface area contributed by atoms with Crippen molar-refractivity contribution in [3.63, 3.8) is 0 Å². The van der Waals surface area contributed by atoms with E-state index in [4.69, 9.17) is 9.47 Å². The van der Waals surface area contributed by atoms with Crippen molar-refractivity contribution >= 4 is 17.4 Å². The molecule has 1 fully saturated rings. The van der Waals surface area contributed by atoms with Crippen LogP contribution in [0.2, 0.25) is 0 Å². The molecule has 2 aromatic rings. The Kier molecular flexibility index (Phi) is 5.31. The monoisotopic (exact) mass is 393 g/mol. The first-order valence-corrected chi connectivity index (χ1v) is 8.58. The molecule has 28 heavy (non-hydrogen) atoms. The van der Waals surface area contributed by atoms with Crippen molar-refractivity contribution in [1.82, 2.24) is 0 Å². The number of halogens is 3. The number of hydrogen-bond acceptors (Lipinski definition) is 5. The minimum absolute atomic E-state index is 0.100. The fourth-order valence-corrected chi connectivity index (χ4v) is 3.04. The summed E-state index contributed by atoms with van der Waals surface area (Å²) in [5.74, 6) is -0.380. The van der Waals surface area contributed by atoms with E-state index in [0.717, 1.165) is 24.3 Å². The Labute approximate surface area is 159 Å². The highest BCUT2D eigenvalue weighted by molar-refractivity contribution is 6.11. The smallest absolute Gasteiger partial charge is 0.416 e. The van der Waals surface area contributed by atoms with Gasteiger partial charge >= 0.3 is 12.1 Å². The van der Waals surface area contributed by atoms with Crippen LogP contribution in [0.3, 0.4) is 0 Å². The number of carbonyl (C=O) groups is 2. The van der Waals surface area contributed by atoms with Gasteiger partial charge in [-0.2, -0.15) is 13.2 Å². The first kappa shape index (κ1) is 19.7. The second kappa shape index (κ2) is 7.53. The molecule has 5 nitrogen and oxygen atoms in total. The summed E-state index contributed by atoms with van der Waals surface area (Å²) in [6, 6.07) is 9.09. The number of Topliss-reactive ketones (excluding diaryl/α,β-unsaturated/α-hetero) is 1. The highest BCUT2D eigenvalue weighted by Crippen LogP contribution is 2.39. The zero-order valence-corrected chi connectivity index (χ0v) is 15.2. The number of hydrogen-bond donors (Lipinski definition) is 0. The highest BCUT2D eigenvalue weighted by Gasteiger charge is 2.58. The van der Waals surface area contributed by atoms with Crippen molar-refractivity contribution in [2.75, 3.05) is 18.6 Å². The van der Waals surface area contributed by atoms with Crippen molar-refractivity contribution in [2.24, 2.45) is 0 Å². The summed E-state index contributed by atoms with van der Waals surface area (Å²) < 4.78 is 48.3. The van der Waals surface area contributed by atoms with Gasteiger partial charge in [0.2, 0.25) is 0 Å². The van der Waals surface area contributed by atoms with E-state index in [1.165, 1.54) is 7.11 Å². The lowest BCUT2D eigenvalue weighted by atomic mass is 10.0.